The maximum absolute atomic E-state index is 12.5. The molecule has 4 unspecified atom stereocenters. The largest absolute Gasteiger partial charge is 0.368 e. The van der Waals surface area contributed by atoms with Crippen LogP contribution in [0.2, 0.25) is 0 Å². The Morgan fingerprint density at radius 3 is 2.76 bits per heavy atom. The van der Waals surface area contributed by atoms with Crippen LogP contribution in [-0.4, -0.2) is 35.6 Å². The molecule has 1 aliphatic carbocycles. The second-order valence-electron chi connectivity index (χ2n) is 5.94. The molecule has 3 nitrogen and oxygen atoms in total. The zero-order chi connectivity index (χ0) is 11.8. The molecule has 4 atom stereocenters. The smallest absolute Gasteiger partial charge is 0.252 e. The van der Waals surface area contributed by atoms with E-state index in [4.69, 9.17) is 4.74 Å². The summed E-state index contributed by atoms with van der Waals surface area (Å²) in [4.78, 5) is 14.7. The van der Waals surface area contributed by atoms with Crippen molar-refractivity contribution in [2.24, 2.45) is 5.92 Å². The number of carbonyl (C=O) groups is 1. The van der Waals surface area contributed by atoms with Crippen molar-refractivity contribution >= 4 is 5.91 Å². The highest BCUT2D eigenvalue weighted by atomic mass is 16.5. The normalized spacial score (nSPS) is 41.6. The van der Waals surface area contributed by atoms with E-state index >= 15 is 0 Å². The summed E-state index contributed by atoms with van der Waals surface area (Å²) >= 11 is 0. The minimum Gasteiger partial charge on any atom is -0.368 e. The molecule has 2 aliphatic heterocycles. The Morgan fingerprint density at radius 2 is 2.00 bits per heavy atom. The minimum absolute atomic E-state index is 0.127. The second-order valence-corrected chi connectivity index (χ2v) is 5.94. The molecule has 0 aromatic rings. The summed E-state index contributed by atoms with van der Waals surface area (Å²) in [6, 6.07) is 0.954. The summed E-state index contributed by atoms with van der Waals surface area (Å²) in [5, 5.41) is 0. The predicted molar refractivity (Wildman–Crippen MR) is 65.6 cm³/mol. The lowest BCUT2D eigenvalue weighted by molar-refractivity contribution is -0.144. The summed E-state index contributed by atoms with van der Waals surface area (Å²) < 4.78 is 5.56. The number of hydrogen-bond donors (Lipinski definition) is 0. The topological polar surface area (TPSA) is 29.5 Å². The number of rotatable bonds is 1. The first-order chi connectivity index (χ1) is 8.27. The van der Waals surface area contributed by atoms with Gasteiger partial charge in [0, 0.05) is 18.7 Å². The van der Waals surface area contributed by atoms with Crippen LogP contribution in [0.3, 0.4) is 0 Å². The summed E-state index contributed by atoms with van der Waals surface area (Å²) in [6.07, 6.45) is 8.25. The van der Waals surface area contributed by atoms with Crippen molar-refractivity contribution in [3.05, 3.63) is 0 Å². The van der Waals surface area contributed by atoms with Crippen LogP contribution >= 0.6 is 0 Å². The Bertz CT molecular complexity index is 299. The van der Waals surface area contributed by atoms with Gasteiger partial charge in [0.15, 0.2) is 0 Å². The van der Waals surface area contributed by atoms with Gasteiger partial charge in [0.25, 0.3) is 5.91 Å². The van der Waals surface area contributed by atoms with Crippen LogP contribution in [-0.2, 0) is 9.53 Å². The van der Waals surface area contributed by atoms with Crippen LogP contribution in [0.4, 0.5) is 0 Å². The third-order valence-electron chi connectivity index (χ3n) is 4.80. The van der Waals surface area contributed by atoms with E-state index in [-0.39, 0.29) is 12.0 Å². The molecule has 0 aromatic carbocycles. The third kappa shape index (κ3) is 1.99. The van der Waals surface area contributed by atoms with Gasteiger partial charge in [-0.25, -0.2) is 0 Å². The standard InChI is InChI=1S/C14H23NO2/c1-10-9-11-5-2-3-6-12(11)15(10)14(16)13-7-4-8-17-13/h10-13H,2-9H2,1H3. The van der Waals surface area contributed by atoms with Crippen LogP contribution in [0.25, 0.3) is 0 Å². The fourth-order valence-corrected chi connectivity index (χ4v) is 4.03. The van der Waals surface area contributed by atoms with E-state index in [0.717, 1.165) is 25.4 Å². The highest BCUT2D eigenvalue weighted by Crippen LogP contribution is 2.40. The quantitative estimate of drug-likeness (QED) is 0.700. The number of nitrogens with zero attached hydrogens (tertiary/aromatic N) is 1. The molecule has 3 aliphatic rings. The Morgan fingerprint density at radius 1 is 1.18 bits per heavy atom. The molecule has 0 aromatic heterocycles. The van der Waals surface area contributed by atoms with Crippen LogP contribution < -0.4 is 0 Å². The Balaban J connectivity index is 1.74. The van der Waals surface area contributed by atoms with Crippen molar-refractivity contribution in [2.45, 2.75) is 70.1 Å². The predicted octanol–water partition coefficient (Wildman–Crippen LogP) is 2.35. The molecule has 1 amide bonds. The molecule has 0 bridgehead atoms. The molecule has 0 N–H and O–H groups in total. The number of hydrogen-bond acceptors (Lipinski definition) is 2. The molecule has 3 heteroatoms. The average Bonchev–Trinajstić information content (AvgIpc) is 2.94. The SMILES string of the molecule is CC1CC2CCCCC2N1C(=O)C1CCCO1. The van der Waals surface area contributed by atoms with Gasteiger partial charge >= 0.3 is 0 Å². The fourth-order valence-electron chi connectivity index (χ4n) is 4.03. The highest BCUT2D eigenvalue weighted by Gasteiger charge is 2.44. The molecule has 0 radical (unpaired) electrons. The van der Waals surface area contributed by atoms with E-state index < -0.39 is 0 Å². The second kappa shape index (κ2) is 4.60. The maximum atomic E-state index is 12.5. The first kappa shape index (κ1) is 11.5. The highest BCUT2D eigenvalue weighted by molar-refractivity contribution is 5.82. The zero-order valence-corrected chi connectivity index (χ0v) is 10.7. The van der Waals surface area contributed by atoms with Gasteiger partial charge in [-0.2, -0.15) is 0 Å². The summed E-state index contributed by atoms with van der Waals surface area (Å²) in [6.45, 7) is 2.98. The third-order valence-corrected chi connectivity index (χ3v) is 4.80. The molecule has 2 heterocycles. The molecule has 0 spiro atoms. The Labute approximate surface area is 104 Å². The molecule has 3 rings (SSSR count). The molecular weight excluding hydrogens is 214 g/mol. The van der Waals surface area contributed by atoms with Gasteiger partial charge in [-0.05, 0) is 44.9 Å². The van der Waals surface area contributed by atoms with Crippen molar-refractivity contribution in [3.8, 4) is 0 Å². The Kier molecular flexibility index (Phi) is 3.12. The van der Waals surface area contributed by atoms with Crippen molar-refractivity contribution < 1.29 is 9.53 Å². The molecule has 1 saturated carbocycles. The van der Waals surface area contributed by atoms with Crippen LogP contribution in [0, 0.1) is 5.92 Å². The van der Waals surface area contributed by atoms with E-state index in [0.29, 0.717) is 12.1 Å². The van der Waals surface area contributed by atoms with E-state index in [1.54, 1.807) is 0 Å². The molecular formula is C14H23NO2. The van der Waals surface area contributed by atoms with Gasteiger partial charge < -0.3 is 9.64 Å². The first-order valence-corrected chi connectivity index (χ1v) is 7.21. The average molecular weight is 237 g/mol. The van der Waals surface area contributed by atoms with Crippen molar-refractivity contribution in [2.75, 3.05) is 6.61 Å². The van der Waals surface area contributed by atoms with E-state index in [9.17, 15) is 4.79 Å². The Hall–Kier alpha value is -0.570. The summed E-state index contributed by atoms with van der Waals surface area (Å²) in [7, 11) is 0. The lowest BCUT2D eigenvalue weighted by atomic mass is 9.85. The van der Waals surface area contributed by atoms with Crippen molar-refractivity contribution in [3.63, 3.8) is 0 Å². The number of ether oxygens (including phenoxy) is 1. The molecule has 3 fully saturated rings. The number of carbonyl (C=O) groups excluding carboxylic acids is 1. The van der Waals surface area contributed by atoms with Crippen molar-refractivity contribution in [1.29, 1.82) is 0 Å². The number of likely N-dealkylation sites (tertiary alicyclic amines) is 1. The maximum Gasteiger partial charge on any atom is 0.252 e. The van der Waals surface area contributed by atoms with Gasteiger partial charge in [-0.15, -0.1) is 0 Å². The molecule has 2 saturated heterocycles. The summed E-state index contributed by atoms with van der Waals surface area (Å²) in [5.74, 6) is 1.05. The van der Waals surface area contributed by atoms with Gasteiger partial charge in [-0.1, -0.05) is 12.8 Å². The van der Waals surface area contributed by atoms with E-state index in [2.05, 4.69) is 11.8 Å². The molecule has 96 valence electrons. The van der Waals surface area contributed by atoms with E-state index in [1.165, 1.54) is 32.1 Å². The van der Waals surface area contributed by atoms with Crippen LogP contribution in [0.5, 0.6) is 0 Å². The van der Waals surface area contributed by atoms with Crippen LogP contribution in [0.1, 0.15) is 51.9 Å². The first-order valence-electron chi connectivity index (χ1n) is 7.21. The number of fused-ring (bicyclic) bond motifs is 1. The lowest BCUT2D eigenvalue weighted by Gasteiger charge is -2.34. The van der Waals surface area contributed by atoms with Gasteiger partial charge in [0.05, 0.1) is 0 Å². The van der Waals surface area contributed by atoms with Crippen molar-refractivity contribution in [1.82, 2.24) is 4.90 Å². The van der Waals surface area contributed by atoms with Gasteiger partial charge in [-0.3, -0.25) is 4.79 Å². The van der Waals surface area contributed by atoms with Gasteiger partial charge in [0.2, 0.25) is 0 Å². The fraction of sp³-hybridized carbons (Fsp3) is 0.929. The molecule has 17 heavy (non-hydrogen) atoms. The summed E-state index contributed by atoms with van der Waals surface area (Å²) in [5.41, 5.74) is 0. The lowest BCUT2D eigenvalue weighted by Crippen LogP contribution is -2.47. The van der Waals surface area contributed by atoms with Gasteiger partial charge in [0.1, 0.15) is 6.10 Å². The van der Waals surface area contributed by atoms with E-state index in [1.807, 2.05) is 0 Å². The van der Waals surface area contributed by atoms with Crippen LogP contribution in [0.15, 0.2) is 0 Å². The minimum atomic E-state index is -0.127. The zero-order valence-electron chi connectivity index (χ0n) is 10.7. The number of amides is 1. The monoisotopic (exact) mass is 237 g/mol.